The third-order valence-corrected chi connectivity index (χ3v) is 5.53. The molecule has 142 valence electrons. The van der Waals surface area contributed by atoms with E-state index in [2.05, 4.69) is 38.1 Å². The second kappa shape index (κ2) is 9.16. The molecule has 0 saturated carbocycles. The minimum Gasteiger partial charge on any atom is -0.371 e. The fraction of sp³-hybridized carbons (Fsp3) is 0.300. The third-order valence-electron chi connectivity index (χ3n) is 4.59. The van der Waals surface area contributed by atoms with Gasteiger partial charge in [0.1, 0.15) is 5.82 Å². The molecule has 2 aromatic rings. The van der Waals surface area contributed by atoms with Crippen LogP contribution in [0.15, 0.2) is 48.5 Å². The van der Waals surface area contributed by atoms with E-state index in [1.165, 1.54) is 12.1 Å². The summed E-state index contributed by atoms with van der Waals surface area (Å²) in [5.41, 5.74) is 1.56. The van der Waals surface area contributed by atoms with Crippen LogP contribution in [-0.2, 0) is 4.79 Å². The third kappa shape index (κ3) is 5.41. The lowest BCUT2D eigenvalue weighted by Crippen LogP contribution is -2.39. The van der Waals surface area contributed by atoms with Gasteiger partial charge in [-0.2, -0.15) is 0 Å². The lowest BCUT2D eigenvalue weighted by molar-refractivity contribution is -0.120. The Morgan fingerprint density at radius 2 is 1.85 bits per heavy atom. The monoisotopic (exact) mass is 481 g/mol. The molecule has 1 aliphatic heterocycles. The number of hydrogen-bond donors (Lipinski definition) is 2. The van der Waals surface area contributed by atoms with E-state index in [4.69, 9.17) is 0 Å². The van der Waals surface area contributed by atoms with Crippen molar-refractivity contribution in [1.29, 1.82) is 0 Å². The van der Waals surface area contributed by atoms with Crippen LogP contribution in [0.1, 0.15) is 16.8 Å². The molecule has 7 heteroatoms. The number of amides is 2. The summed E-state index contributed by atoms with van der Waals surface area (Å²) < 4.78 is 13.9. The quantitative estimate of drug-likeness (QED) is 0.625. The van der Waals surface area contributed by atoms with Crippen LogP contribution in [-0.4, -0.2) is 38.0 Å². The highest BCUT2D eigenvalue weighted by atomic mass is 127. The highest BCUT2D eigenvalue weighted by Crippen LogP contribution is 2.23. The van der Waals surface area contributed by atoms with Gasteiger partial charge in [-0.3, -0.25) is 9.59 Å². The molecule has 2 amide bonds. The molecule has 5 nitrogen and oxygen atoms in total. The van der Waals surface area contributed by atoms with Crippen LogP contribution in [0, 0.1) is 15.3 Å². The Kier molecular flexibility index (Phi) is 6.65. The molecule has 0 aliphatic carbocycles. The number of carbonyl (C=O) groups excluding carboxylic acids is 2. The molecule has 1 fully saturated rings. The molecule has 1 atom stereocenters. The van der Waals surface area contributed by atoms with Crippen LogP contribution in [0.3, 0.4) is 0 Å². The number of nitrogens with one attached hydrogen (secondary N) is 2. The van der Waals surface area contributed by atoms with Crippen LogP contribution in [0.5, 0.6) is 0 Å². The molecule has 2 aromatic carbocycles. The first-order chi connectivity index (χ1) is 13.0. The van der Waals surface area contributed by atoms with E-state index in [9.17, 15) is 14.0 Å². The van der Waals surface area contributed by atoms with Crippen molar-refractivity contribution in [3.05, 3.63) is 63.5 Å². The molecule has 1 aliphatic rings. The van der Waals surface area contributed by atoms with Crippen molar-refractivity contribution >= 4 is 40.1 Å². The van der Waals surface area contributed by atoms with Crippen molar-refractivity contribution < 1.29 is 14.0 Å². The van der Waals surface area contributed by atoms with Gasteiger partial charge in [0, 0.05) is 28.9 Å². The minimum atomic E-state index is -0.251. The van der Waals surface area contributed by atoms with Gasteiger partial charge in [-0.25, -0.2) is 4.39 Å². The first-order valence-electron chi connectivity index (χ1n) is 8.83. The largest absolute Gasteiger partial charge is 0.371 e. The topological polar surface area (TPSA) is 61.4 Å². The Morgan fingerprint density at radius 1 is 1.11 bits per heavy atom. The average molecular weight is 481 g/mol. The molecule has 3 rings (SSSR count). The zero-order chi connectivity index (χ0) is 19.2. The molecule has 0 aromatic heterocycles. The standard InChI is InChI=1S/C20H21FIN3O2/c21-15-5-7-16(8-6-15)25-10-9-14(13-25)11-23-19(26)12-24-20(27)17-3-1-2-4-18(17)22/h1-8,14H,9-13H2,(H,23,26)(H,24,27). The second-order valence-corrected chi connectivity index (χ2v) is 7.71. The fourth-order valence-electron chi connectivity index (χ4n) is 3.11. The molecule has 1 unspecified atom stereocenters. The summed E-state index contributed by atoms with van der Waals surface area (Å²) in [6.45, 7) is 2.23. The van der Waals surface area contributed by atoms with Gasteiger partial charge in [0.15, 0.2) is 0 Å². The maximum absolute atomic E-state index is 13.0. The van der Waals surface area contributed by atoms with Crippen molar-refractivity contribution in [2.24, 2.45) is 5.92 Å². The SMILES string of the molecule is O=C(CNC(=O)c1ccccc1I)NCC1CCN(c2ccc(F)cc2)C1. The Hall–Kier alpha value is -2.16. The van der Waals surface area contributed by atoms with Gasteiger partial charge in [-0.1, -0.05) is 12.1 Å². The Morgan fingerprint density at radius 3 is 2.59 bits per heavy atom. The minimum absolute atomic E-state index is 0.0434. The van der Waals surface area contributed by atoms with E-state index >= 15 is 0 Å². The molecular formula is C20H21FIN3O2. The maximum Gasteiger partial charge on any atom is 0.252 e. The van der Waals surface area contributed by atoms with Crippen molar-refractivity contribution in [2.75, 3.05) is 31.1 Å². The smallest absolute Gasteiger partial charge is 0.252 e. The number of halogens is 2. The van der Waals surface area contributed by atoms with Gasteiger partial charge in [0.2, 0.25) is 5.91 Å². The first-order valence-corrected chi connectivity index (χ1v) is 9.91. The van der Waals surface area contributed by atoms with E-state index in [0.29, 0.717) is 18.0 Å². The molecule has 1 heterocycles. The summed E-state index contributed by atoms with van der Waals surface area (Å²) >= 11 is 2.10. The normalized spacial score (nSPS) is 16.2. The summed E-state index contributed by atoms with van der Waals surface area (Å²) in [6.07, 6.45) is 0.965. The Labute approximate surface area is 171 Å². The zero-order valence-electron chi connectivity index (χ0n) is 14.8. The highest BCUT2D eigenvalue weighted by molar-refractivity contribution is 14.1. The summed E-state index contributed by atoms with van der Waals surface area (Å²) in [4.78, 5) is 26.3. The van der Waals surface area contributed by atoms with Gasteiger partial charge in [-0.15, -0.1) is 0 Å². The molecular weight excluding hydrogens is 460 g/mol. The Balaban J connectivity index is 1.40. The number of nitrogens with zero attached hydrogens (tertiary/aromatic N) is 1. The lowest BCUT2D eigenvalue weighted by Gasteiger charge is -2.19. The second-order valence-electron chi connectivity index (χ2n) is 6.54. The number of rotatable bonds is 6. The number of benzene rings is 2. The van der Waals surface area contributed by atoms with Gasteiger partial charge in [0.25, 0.3) is 5.91 Å². The fourth-order valence-corrected chi connectivity index (χ4v) is 3.74. The summed E-state index contributed by atoms with van der Waals surface area (Å²) in [5, 5.41) is 5.54. The number of anilines is 1. The number of hydrogen-bond acceptors (Lipinski definition) is 3. The Bertz CT molecular complexity index is 813. The molecule has 2 N–H and O–H groups in total. The first kappa shape index (κ1) is 19.6. The molecule has 0 radical (unpaired) electrons. The zero-order valence-corrected chi connectivity index (χ0v) is 16.9. The average Bonchev–Trinajstić information content (AvgIpc) is 3.14. The van der Waals surface area contributed by atoms with Gasteiger partial charge in [0.05, 0.1) is 12.1 Å². The van der Waals surface area contributed by atoms with Crippen molar-refractivity contribution in [3.63, 3.8) is 0 Å². The van der Waals surface area contributed by atoms with Gasteiger partial charge >= 0.3 is 0 Å². The van der Waals surface area contributed by atoms with E-state index in [-0.39, 0.29) is 24.2 Å². The van der Waals surface area contributed by atoms with E-state index in [0.717, 1.165) is 28.8 Å². The van der Waals surface area contributed by atoms with Crippen LogP contribution < -0.4 is 15.5 Å². The lowest BCUT2D eigenvalue weighted by atomic mass is 10.1. The van der Waals surface area contributed by atoms with Gasteiger partial charge in [-0.05, 0) is 71.3 Å². The molecule has 1 saturated heterocycles. The van der Waals surface area contributed by atoms with E-state index < -0.39 is 0 Å². The van der Waals surface area contributed by atoms with E-state index in [1.807, 2.05) is 12.1 Å². The van der Waals surface area contributed by atoms with Crippen LogP contribution in [0.4, 0.5) is 10.1 Å². The van der Waals surface area contributed by atoms with Crippen molar-refractivity contribution in [1.82, 2.24) is 10.6 Å². The summed E-state index contributed by atoms with van der Waals surface area (Å²) in [6, 6.07) is 13.7. The van der Waals surface area contributed by atoms with Crippen molar-refractivity contribution in [3.8, 4) is 0 Å². The number of carbonyl (C=O) groups is 2. The van der Waals surface area contributed by atoms with Crippen molar-refractivity contribution in [2.45, 2.75) is 6.42 Å². The van der Waals surface area contributed by atoms with Crippen LogP contribution >= 0.6 is 22.6 Å². The molecule has 0 spiro atoms. The van der Waals surface area contributed by atoms with Crippen LogP contribution in [0.25, 0.3) is 0 Å². The predicted molar refractivity (Wildman–Crippen MR) is 111 cm³/mol. The predicted octanol–water partition coefficient (Wildman–Crippen LogP) is 2.80. The van der Waals surface area contributed by atoms with Crippen LogP contribution in [0.2, 0.25) is 0 Å². The van der Waals surface area contributed by atoms with E-state index in [1.54, 1.807) is 24.3 Å². The molecule has 0 bridgehead atoms. The van der Waals surface area contributed by atoms with Gasteiger partial charge < -0.3 is 15.5 Å². The summed E-state index contributed by atoms with van der Waals surface area (Å²) in [5.74, 6) is -0.355. The maximum atomic E-state index is 13.0. The summed E-state index contributed by atoms with van der Waals surface area (Å²) in [7, 11) is 0. The molecule has 27 heavy (non-hydrogen) atoms. The highest BCUT2D eigenvalue weighted by Gasteiger charge is 2.23.